The Balaban J connectivity index is 2.55. The molecular weight excluding hydrogens is 170 g/mol. The molecule has 0 heterocycles. The molecule has 0 amide bonds. The third-order valence-electron chi connectivity index (χ3n) is 3.16. The lowest BCUT2D eigenvalue weighted by Gasteiger charge is -2.21. The summed E-state index contributed by atoms with van der Waals surface area (Å²) in [6, 6.07) is 8.55. The molecule has 1 aliphatic carbocycles. The summed E-state index contributed by atoms with van der Waals surface area (Å²) in [4.78, 5) is 0. The van der Waals surface area contributed by atoms with Crippen molar-refractivity contribution in [1.29, 1.82) is 5.41 Å². The maximum absolute atomic E-state index is 7.15. The predicted octanol–water partition coefficient (Wildman–Crippen LogP) is 3.10. The average molecular weight is 185 g/mol. The van der Waals surface area contributed by atoms with Crippen LogP contribution in [0.5, 0.6) is 0 Å². The molecule has 0 fully saturated rings. The third-order valence-corrected chi connectivity index (χ3v) is 3.16. The minimum Gasteiger partial charge on any atom is -0.309 e. The highest BCUT2D eigenvalue weighted by Gasteiger charge is 2.33. The van der Waals surface area contributed by atoms with Gasteiger partial charge in [-0.05, 0) is 23.6 Å². The molecule has 1 aromatic rings. The smallest absolute Gasteiger partial charge is 0.0177 e. The lowest BCUT2D eigenvalue weighted by Crippen LogP contribution is -2.15. The van der Waals surface area contributed by atoms with Gasteiger partial charge in [0.15, 0.2) is 0 Å². The minimum absolute atomic E-state index is 0.105. The minimum atomic E-state index is 0.105. The highest BCUT2D eigenvalue weighted by Crippen LogP contribution is 2.41. The quantitative estimate of drug-likeness (QED) is 0.650. The summed E-state index contributed by atoms with van der Waals surface area (Å²) >= 11 is 0. The van der Waals surface area contributed by atoms with Crippen LogP contribution < -0.4 is 0 Å². The molecule has 1 N–H and O–H groups in total. The maximum Gasteiger partial charge on any atom is 0.0177 e. The van der Waals surface area contributed by atoms with Crippen LogP contribution in [-0.2, 0) is 11.8 Å². The lowest BCUT2D eigenvalue weighted by atomic mass is 9.83. The van der Waals surface area contributed by atoms with Gasteiger partial charge in [-0.15, -0.1) is 0 Å². The zero-order chi connectivity index (χ0) is 10.2. The Hall–Kier alpha value is -1.37. The second-order valence-corrected chi connectivity index (χ2v) is 4.32. The van der Waals surface area contributed by atoms with Gasteiger partial charge in [0.05, 0.1) is 0 Å². The molecule has 1 heteroatoms. The van der Waals surface area contributed by atoms with Crippen molar-refractivity contribution in [3.05, 3.63) is 47.0 Å². The first-order valence-corrected chi connectivity index (χ1v) is 4.95. The number of hydrogen-bond donors (Lipinski definition) is 1. The molecule has 1 nitrogen and oxygen atoms in total. The molecule has 1 aromatic carbocycles. The number of rotatable bonds is 1. The Morgan fingerprint density at radius 3 is 2.64 bits per heavy atom. The number of allylic oxidation sites excluding steroid dienone is 2. The van der Waals surface area contributed by atoms with Gasteiger partial charge in [0.1, 0.15) is 0 Å². The van der Waals surface area contributed by atoms with E-state index in [1.54, 1.807) is 0 Å². The fraction of sp³-hybridized carbons (Fsp3) is 0.308. The van der Waals surface area contributed by atoms with E-state index in [0.717, 1.165) is 6.42 Å². The number of nitrogens with one attached hydrogen (secondary N) is 1. The standard InChI is InChI=1S/C13H15N/c1-13(2)11(7-8-14)9-10-5-3-4-6-12(10)13/h3-8,14H,9H2,1-2H3/b11-7+,14-8?. The van der Waals surface area contributed by atoms with Gasteiger partial charge in [-0.3, -0.25) is 0 Å². The van der Waals surface area contributed by atoms with E-state index in [-0.39, 0.29) is 5.41 Å². The molecule has 0 bridgehead atoms. The zero-order valence-electron chi connectivity index (χ0n) is 8.67. The van der Waals surface area contributed by atoms with Crippen LogP contribution in [0.1, 0.15) is 25.0 Å². The van der Waals surface area contributed by atoms with Crippen molar-refractivity contribution >= 4 is 6.21 Å². The summed E-state index contributed by atoms with van der Waals surface area (Å²) in [6.45, 7) is 4.46. The normalized spacial score (nSPS) is 20.9. The van der Waals surface area contributed by atoms with Crippen molar-refractivity contribution in [2.45, 2.75) is 25.7 Å². The van der Waals surface area contributed by atoms with E-state index in [4.69, 9.17) is 5.41 Å². The summed E-state index contributed by atoms with van der Waals surface area (Å²) in [7, 11) is 0. The Morgan fingerprint density at radius 2 is 2.00 bits per heavy atom. The van der Waals surface area contributed by atoms with Crippen LogP contribution in [0, 0.1) is 5.41 Å². The largest absolute Gasteiger partial charge is 0.309 e. The summed E-state index contributed by atoms with van der Waals surface area (Å²) in [5.41, 5.74) is 4.26. The molecule has 0 aliphatic heterocycles. The number of hydrogen-bond acceptors (Lipinski definition) is 1. The van der Waals surface area contributed by atoms with E-state index in [9.17, 15) is 0 Å². The Bertz CT molecular complexity index is 399. The van der Waals surface area contributed by atoms with Crippen LogP contribution >= 0.6 is 0 Å². The summed E-state index contributed by atoms with van der Waals surface area (Å²) in [5, 5.41) is 7.15. The van der Waals surface area contributed by atoms with Gasteiger partial charge in [-0.2, -0.15) is 0 Å². The molecule has 1 aliphatic rings. The van der Waals surface area contributed by atoms with Gasteiger partial charge in [-0.25, -0.2) is 0 Å². The van der Waals surface area contributed by atoms with Crippen LogP contribution in [0.2, 0.25) is 0 Å². The molecule has 14 heavy (non-hydrogen) atoms. The second-order valence-electron chi connectivity index (χ2n) is 4.32. The molecule has 0 radical (unpaired) electrons. The average Bonchev–Trinajstić information content (AvgIpc) is 2.41. The van der Waals surface area contributed by atoms with Crippen molar-refractivity contribution in [3.8, 4) is 0 Å². The van der Waals surface area contributed by atoms with Crippen molar-refractivity contribution < 1.29 is 0 Å². The van der Waals surface area contributed by atoms with Crippen LogP contribution in [0.4, 0.5) is 0 Å². The van der Waals surface area contributed by atoms with Gasteiger partial charge >= 0.3 is 0 Å². The van der Waals surface area contributed by atoms with Crippen molar-refractivity contribution in [1.82, 2.24) is 0 Å². The van der Waals surface area contributed by atoms with Gasteiger partial charge in [-0.1, -0.05) is 43.7 Å². The number of benzene rings is 1. The van der Waals surface area contributed by atoms with Gasteiger partial charge in [0, 0.05) is 11.6 Å². The van der Waals surface area contributed by atoms with Gasteiger partial charge < -0.3 is 5.41 Å². The van der Waals surface area contributed by atoms with Crippen molar-refractivity contribution in [3.63, 3.8) is 0 Å². The van der Waals surface area contributed by atoms with Crippen LogP contribution in [0.3, 0.4) is 0 Å². The molecule has 72 valence electrons. The third kappa shape index (κ3) is 1.20. The molecule has 0 unspecified atom stereocenters. The van der Waals surface area contributed by atoms with E-state index in [2.05, 4.69) is 38.1 Å². The van der Waals surface area contributed by atoms with Crippen LogP contribution in [0.25, 0.3) is 0 Å². The van der Waals surface area contributed by atoms with Crippen LogP contribution in [-0.4, -0.2) is 6.21 Å². The van der Waals surface area contributed by atoms with Crippen LogP contribution in [0.15, 0.2) is 35.9 Å². The first kappa shape index (κ1) is 9.20. The van der Waals surface area contributed by atoms with E-state index in [1.165, 1.54) is 22.9 Å². The van der Waals surface area contributed by atoms with E-state index < -0.39 is 0 Å². The zero-order valence-corrected chi connectivity index (χ0v) is 8.67. The molecule has 2 rings (SSSR count). The summed E-state index contributed by atoms with van der Waals surface area (Å²) in [6.07, 6.45) is 4.32. The molecular formula is C13H15N. The van der Waals surface area contributed by atoms with E-state index >= 15 is 0 Å². The van der Waals surface area contributed by atoms with E-state index in [0.29, 0.717) is 0 Å². The first-order chi connectivity index (χ1) is 6.66. The number of fused-ring (bicyclic) bond motifs is 1. The van der Waals surface area contributed by atoms with Crippen molar-refractivity contribution in [2.75, 3.05) is 0 Å². The highest BCUT2D eigenvalue weighted by atomic mass is 14.4. The Morgan fingerprint density at radius 1 is 1.29 bits per heavy atom. The molecule has 0 spiro atoms. The fourth-order valence-electron chi connectivity index (χ4n) is 2.25. The van der Waals surface area contributed by atoms with Gasteiger partial charge in [0.25, 0.3) is 0 Å². The Labute approximate surface area is 85.0 Å². The van der Waals surface area contributed by atoms with E-state index in [1.807, 2.05) is 6.08 Å². The fourth-order valence-corrected chi connectivity index (χ4v) is 2.25. The first-order valence-electron chi connectivity index (χ1n) is 4.95. The molecule has 0 atom stereocenters. The summed E-state index contributed by atoms with van der Waals surface area (Å²) in [5.74, 6) is 0. The Kier molecular flexibility index (Phi) is 2.03. The second kappa shape index (κ2) is 3.09. The van der Waals surface area contributed by atoms with Gasteiger partial charge in [0.2, 0.25) is 0 Å². The summed E-state index contributed by atoms with van der Waals surface area (Å²) < 4.78 is 0. The SMILES string of the molecule is CC1(C)/C(=C/C=N)Cc2ccccc21. The topological polar surface area (TPSA) is 23.9 Å². The molecule has 0 aromatic heterocycles. The highest BCUT2D eigenvalue weighted by molar-refractivity contribution is 5.71. The molecule has 0 saturated carbocycles. The lowest BCUT2D eigenvalue weighted by molar-refractivity contribution is 0.645. The maximum atomic E-state index is 7.15. The monoisotopic (exact) mass is 185 g/mol. The molecule has 0 saturated heterocycles. The predicted molar refractivity (Wildman–Crippen MR) is 60.0 cm³/mol. The van der Waals surface area contributed by atoms with Crippen molar-refractivity contribution in [2.24, 2.45) is 0 Å².